The predicted molar refractivity (Wildman–Crippen MR) is 241 cm³/mol. The number of carbonyl (C=O) groups excluding carboxylic acids is 8. The topological polar surface area (TPSA) is 325 Å². The molecule has 0 aromatic heterocycles. The minimum absolute atomic E-state index is 0.0328. The molecule has 6 atom stereocenters. The largest absolute Gasteiger partial charge is 0.508 e. The van der Waals surface area contributed by atoms with E-state index >= 15 is 0 Å². The highest BCUT2D eigenvalue weighted by Crippen LogP contribution is 2.13. The number of phenols is 2. The Morgan fingerprint density at radius 2 is 0.824 bits per heavy atom. The van der Waals surface area contributed by atoms with Crippen LogP contribution in [0.25, 0.3) is 0 Å². The van der Waals surface area contributed by atoms with Crippen LogP contribution in [0.5, 0.6) is 11.5 Å². The Morgan fingerprint density at radius 1 is 0.471 bits per heavy atom. The second-order valence-electron chi connectivity index (χ2n) is 15.7. The Labute approximate surface area is 389 Å². The van der Waals surface area contributed by atoms with Crippen molar-refractivity contribution in [3.63, 3.8) is 0 Å². The fourth-order valence-corrected chi connectivity index (χ4v) is 6.38. The average Bonchev–Trinajstić information content (AvgIpc) is 3.29. The maximum atomic E-state index is 14.1. The molecule has 68 heavy (non-hydrogen) atoms. The van der Waals surface area contributed by atoms with Crippen LogP contribution in [-0.4, -0.2) is 107 Å². The van der Waals surface area contributed by atoms with Crippen LogP contribution in [0.15, 0.2) is 97.1 Å². The quantitative estimate of drug-likeness (QED) is 0.0408. The van der Waals surface area contributed by atoms with E-state index in [0.717, 1.165) is 24.3 Å². The summed E-state index contributed by atoms with van der Waals surface area (Å²) in [4.78, 5) is 104. The lowest BCUT2D eigenvalue weighted by molar-refractivity contribution is -0.134. The van der Waals surface area contributed by atoms with E-state index in [4.69, 9.17) is 11.5 Å². The highest BCUT2D eigenvalue weighted by Gasteiger charge is 2.28. The fourth-order valence-electron chi connectivity index (χ4n) is 6.38. The van der Waals surface area contributed by atoms with E-state index in [9.17, 15) is 57.4 Å². The smallest absolute Gasteiger partial charge is 0.261 e. The summed E-state index contributed by atoms with van der Waals surface area (Å²) < 4.78 is 28.3. The maximum Gasteiger partial charge on any atom is 0.261 e. The third-order valence-electron chi connectivity index (χ3n) is 10.1. The van der Waals surface area contributed by atoms with Crippen LogP contribution in [0.3, 0.4) is 0 Å². The molecule has 0 spiro atoms. The molecule has 8 amide bonds. The molecule has 22 heteroatoms. The number of nitrogens with one attached hydrogen (secondary N) is 8. The van der Waals surface area contributed by atoms with Gasteiger partial charge in [-0.2, -0.15) is 0 Å². The van der Waals surface area contributed by atoms with Gasteiger partial charge < -0.3 is 53.6 Å². The number of nitrogens with two attached hydrogens (primary N) is 2. The highest BCUT2D eigenvalue weighted by atomic mass is 19.1. The molecule has 0 aliphatic rings. The lowest BCUT2D eigenvalue weighted by atomic mass is 10.0. The third kappa shape index (κ3) is 17.8. The first-order valence-corrected chi connectivity index (χ1v) is 21.2. The first kappa shape index (κ1) is 52.6. The number of aromatic hydroxyl groups is 2. The zero-order chi connectivity index (χ0) is 49.9. The van der Waals surface area contributed by atoms with Crippen LogP contribution in [0.2, 0.25) is 0 Å². The van der Waals surface area contributed by atoms with Crippen molar-refractivity contribution in [2.45, 2.75) is 75.8 Å². The summed E-state index contributed by atoms with van der Waals surface area (Å²) in [6.07, 6.45) is -0.412. The van der Waals surface area contributed by atoms with Crippen molar-refractivity contribution in [2.75, 3.05) is 13.1 Å². The number of hydrogen-bond acceptors (Lipinski definition) is 12. The number of benzene rings is 4. The van der Waals surface area contributed by atoms with E-state index in [2.05, 4.69) is 42.8 Å². The normalized spacial score (nSPS) is 13.4. The molecule has 0 radical (unpaired) electrons. The summed E-state index contributed by atoms with van der Waals surface area (Å²) in [6.45, 7) is 1.33. The van der Waals surface area contributed by atoms with Gasteiger partial charge in [0.2, 0.25) is 35.4 Å². The van der Waals surface area contributed by atoms with Gasteiger partial charge in [0, 0.05) is 12.8 Å². The second kappa shape index (κ2) is 25.6. The second-order valence-corrected chi connectivity index (χ2v) is 15.7. The van der Waals surface area contributed by atoms with Crippen molar-refractivity contribution in [1.29, 1.82) is 0 Å². The number of carbonyl (C=O) groups is 8. The van der Waals surface area contributed by atoms with Crippen LogP contribution in [-0.2, 0) is 64.0 Å². The van der Waals surface area contributed by atoms with Gasteiger partial charge in [-0.25, -0.2) is 8.78 Å². The summed E-state index contributed by atoms with van der Waals surface area (Å²) >= 11 is 0. The van der Waals surface area contributed by atoms with Gasteiger partial charge in [-0.3, -0.25) is 49.2 Å². The van der Waals surface area contributed by atoms with Crippen molar-refractivity contribution in [3.8, 4) is 11.5 Å². The van der Waals surface area contributed by atoms with Gasteiger partial charge in [0.15, 0.2) is 0 Å². The number of rotatable bonds is 22. The molecular formula is C46H54F2N10O10. The Hall–Kier alpha value is -7.98. The predicted octanol–water partition coefficient (Wildman–Crippen LogP) is -1.34. The first-order valence-electron chi connectivity index (χ1n) is 21.2. The van der Waals surface area contributed by atoms with Crippen LogP contribution >= 0.6 is 0 Å². The van der Waals surface area contributed by atoms with Crippen molar-refractivity contribution < 1.29 is 57.4 Å². The van der Waals surface area contributed by atoms with E-state index < -0.39 is 108 Å². The summed E-state index contributed by atoms with van der Waals surface area (Å²) in [7, 11) is 0. The van der Waals surface area contributed by atoms with Gasteiger partial charge in [0.1, 0.15) is 47.3 Å². The Balaban J connectivity index is 1.34. The first-order chi connectivity index (χ1) is 32.3. The average molecular weight is 945 g/mol. The van der Waals surface area contributed by atoms with E-state index in [1.165, 1.54) is 62.4 Å². The van der Waals surface area contributed by atoms with E-state index in [1.54, 1.807) is 24.3 Å². The van der Waals surface area contributed by atoms with Gasteiger partial charge in [0.05, 0.1) is 25.2 Å². The summed E-state index contributed by atoms with van der Waals surface area (Å²) in [5.74, 6) is -7.95. The van der Waals surface area contributed by atoms with Crippen LogP contribution < -0.4 is 54.2 Å². The van der Waals surface area contributed by atoms with E-state index in [-0.39, 0.29) is 48.3 Å². The standard InChI is InChI=1S/C46H54F2N10O10/c1-25(53-43(65)35(49)19-27-9-13-33(59)14-10-27)41(63)51-23-39(61)55-37(21-29-5-3-7-31(47)17-29)45(67)57-58-46(68)38(22-30-6-4-8-32(48)18-30)56-40(62)24-52-42(64)26(2)54-44(66)36(50)20-28-11-15-34(60)16-12-28/h3-18,25-26,35-38,59-60H,19-24,49-50H2,1-2H3,(H,51,63)(H,52,64)(H,53,65)(H,54,66)(H,55,61)(H,56,62)(H,57,67)(H,58,68)/t25-,26-,35+,36+,37+,38+/m1/s1. The van der Waals surface area contributed by atoms with Gasteiger partial charge >= 0.3 is 0 Å². The fraction of sp³-hybridized carbons (Fsp3) is 0.304. The number of halogens is 2. The maximum absolute atomic E-state index is 14.1. The number of hydrazine groups is 1. The Bertz CT molecular complexity index is 2260. The minimum atomic E-state index is -1.49. The molecule has 0 heterocycles. The molecular weight excluding hydrogens is 891 g/mol. The molecule has 0 saturated heterocycles. The molecule has 0 saturated carbocycles. The number of amides is 8. The van der Waals surface area contributed by atoms with Crippen molar-refractivity contribution in [3.05, 3.63) is 131 Å². The SMILES string of the molecule is C[C@@H](NC(=O)[C@@H](N)Cc1ccc(O)cc1)C(=O)NCC(=O)N[C@@H](Cc1cccc(F)c1)C(=O)NNC(=O)[C@H](Cc1cccc(F)c1)NC(=O)CNC(=O)[C@@H](C)NC(=O)[C@@H](N)Cc1ccc(O)cc1. The summed E-state index contributed by atoms with van der Waals surface area (Å²) in [6, 6.07) is 14.9. The monoisotopic (exact) mass is 944 g/mol. The molecule has 4 rings (SSSR count). The lowest BCUT2D eigenvalue weighted by Gasteiger charge is -2.22. The van der Waals surface area contributed by atoms with Crippen LogP contribution in [0.1, 0.15) is 36.1 Å². The van der Waals surface area contributed by atoms with Gasteiger partial charge in [-0.05, 0) is 97.5 Å². The van der Waals surface area contributed by atoms with Gasteiger partial charge in [-0.1, -0.05) is 48.5 Å². The van der Waals surface area contributed by atoms with Crippen LogP contribution in [0, 0.1) is 11.6 Å². The molecule has 4 aromatic rings. The highest BCUT2D eigenvalue weighted by molar-refractivity contribution is 5.95. The number of hydrogen-bond donors (Lipinski definition) is 12. The Kier molecular flexibility index (Phi) is 19.9. The molecule has 0 aliphatic heterocycles. The van der Waals surface area contributed by atoms with Gasteiger partial charge in [-0.15, -0.1) is 0 Å². The Morgan fingerprint density at radius 3 is 1.16 bits per heavy atom. The molecule has 0 unspecified atom stereocenters. The lowest BCUT2D eigenvalue weighted by Crippen LogP contribution is -2.59. The van der Waals surface area contributed by atoms with Crippen molar-refractivity contribution >= 4 is 47.3 Å². The molecule has 362 valence electrons. The van der Waals surface area contributed by atoms with Crippen molar-refractivity contribution in [2.24, 2.45) is 11.5 Å². The summed E-state index contributed by atoms with van der Waals surface area (Å²) in [5.41, 5.74) is 18.1. The van der Waals surface area contributed by atoms with Gasteiger partial charge in [0.25, 0.3) is 11.8 Å². The molecule has 20 nitrogen and oxygen atoms in total. The zero-order valence-corrected chi connectivity index (χ0v) is 37.0. The number of phenolic OH excluding ortho intramolecular Hbond substituents is 2. The molecule has 0 bridgehead atoms. The molecule has 0 aliphatic carbocycles. The molecule has 0 fully saturated rings. The van der Waals surface area contributed by atoms with E-state index in [0.29, 0.717) is 11.1 Å². The van der Waals surface area contributed by atoms with Crippen LogP contribution in [0.4, 0.5) is 8.78 Å². The van der Waals surface area contributed by atoms with Crippen molar-refractivity contribution in [1.82, 2.24) is 42.8 Å². The summed E-state index contributed by atoms with van der Waals surface area (Å²) in [5, 5.41) is 33.3. The molecule has 4 aromatic carbocycles. The zero-order valence-electron chi connectivity index (χ0n) is 37.0. The molecule has 14 N–H and O–H groups in total. The van der Waals surface area contributed by atoms with E-state index in [1.807, 2.05) is 0 Å². The minimum Gasteiger partial charge on any atom is -0.508 e. The third-order valence-corrected chi connectivity index (χ3v) is 10.1.